The quantitative estimate of drug-likeness (QED) is 0.0495. The molecule has 5 rings (SSSR count). The van der Waals surface area contributed by atoms with E-state index in [4.69, 9.17) is 11.5 Å². The minimum atomic E-state index is 0.0803. The van der Waals surface area contributed by atoms with Gasteiger partial charge in [-0.3, -0.25) is 0 Å². The van der Waals surface area contributed by atoms with E-state index in [1.54, 1.807) is 0 Å². The molecule has 304 valence electrons. The molecule has 4 aromatic rings. The highest BCUT2D eigenvalue weighted by Crippen LogP contribution is 2.46. The van der Waals surface area contributed by atoms with Crippen LogP contribution in [0.25, 0.3) is 0 Å². The van der Waals surface area contributed by atoms with Gasteiger partial charge in [0.05, 0.1) is 0 Å². The topological polar surface area (TPSA) is 52.0 Å². The second-order valence-electron chi connectivity index (χ2n) is 17.6. The average molecular weight is 755 g/mol. The van der Waals surface area contributed by atoms with Crippen LogP contribution in [0.4, 0.5) is 11.4 Å². The van der Waals surface area contributed by atoms with Gasteiger partial charge in [0.1, 0.15) is 0 Å². The fourth-order valence-electron chi connectivity index (χ4n) is 9.79. The first-order valence-electron chi connectivity index (χ1n) is 23.5. The first-order chi connectivity index (χ1) is 27.5. The Labute approximate surface area is 343 Å². The SMILES string of the molecule is CCCCCCCCCCCC(c1ccc(N)cc1)c1ccc(C2(c3ccc(C(CCCCCCCCCCC)c4ccc(N)cc4)cc3)CCCCC2)cc1. The first kappa shape index (κ1) is 43.6. The molecule has 0 amide bonds. The van der Waals surface area contributed by atoms with Gasteiger partial charge in [-0.25, -0.2) is 0 Å². The molecular formula is C54H78N2. The Bertz CT molecular complexity index is 1480. The summed E-state index contributed by atoms with van der Waals surface area (Å²) in [6, 6.07) is 37.3. The average Bonchev–Trinajstić information content (AvgIpc) is 3.24. The van der Waals surface area contributed by atoms with Crippen molar-refractivity contribution in [1.82, 2.24) is 0 Å². The minimum absolute atomic E-state index is 0.0803. The molecule has 0 bridgehead atoms. The summed E-state index contributed by atoms with van der Waals surface area (Å²) in [4.78, 5) is 0. The summed E-state index contributed by atoms with van der Waals surface area (Å²) in [6.07, 6.45) is 33.3. The summed E-state index contributed by atoms with van der Waals surface area (Å²) in [5.41, 5.74) is 22.7. The highest BCUT2D eigenvalue weighted by molar-refractivity contribution is 5.47. The van der Waals surface area contributed by atoms with Gasteiger partial charge in [-0.05, 0) is 83.3 Å². The molecule has 4 aromatic carbocycles. The number of nitrogens with two attached hydrogens (primary N) is 2. The largest absolute Gasteiger partial charge is 0.399 e. The number of unbranched alkanes of at least 4 members (excludes halogenated alkanes) is 16. The van der Waals surface area contributed by atoms with Crippen molar-refractivity contribution in [3.63, 3.8) is 0 Å². The minimum Gasteiger partial charge on any atom is -0.399 e. The monoisotopic (exact) mass is 755 g/mol. The molecule has 0 aromatic heterocycles. The first-order valence-corrected chi connectivity index (χ1v) is 23.5. The summed E-state index contributed by atoms with van der Waals surface area (Å²) >= 11 is 0. The Kier molecular flexibility index (Phi) is 18.9. The van der Waals surface area contributed by atoms with E-state index < -0.39 is 0 Å². The highest BCUT2D eigenvalue weighted by Gasteiger charge is 2.36. The van der Waals surface area contributed by atoms with Gasteiger partial charge in [0.25, 0.3) is 0 Å². The van der Waals surface area contributed by atoms with Gasteiger partial charge in [0, 0.05) is 28.6 Å². The maximum absolute atomic E-state index is 6.15. The van der Waals surface area contributed by atoms with Crippen LogP contribution in [-0.4, -0.2) is 0 Å². The van der Waals surface area contributed by atoms with E-state index in [2.05, 4.69) is 111 Å². The van der Waals surface area contributed by atoms with Gasteiger partial charge in [-0.15, -0.1) is 0 Å². The van der Waals surface area contributed by atoms with Crippen LogP contribution in [0.3, 0.4) is 0 Å². The van der Waals surface area contributed by atoms with Gasteiger partial charge in [0.2, 0.25) is 0 Å². The van der Waals surface area contributed by atoms with Gasteiger partial charge in [-0.2, -0.15) is 0 Å². The second kappa shape index (κ2) is 24.3. The molecular weight excluding hydrogens is 677 g/mol. The van der Waals surface area contributed by atoms with E-state index in [0.717, 1.165) is 11.4 Å². The molecule has 2 nitrogen and oxygen atoms in total. The third-order valence-corrected chi connectivity index (χ3v) is 13.3. The Morgan fingerprint density at radius 1 is 0.375 bits per heavy atom. The molecule has 0 heterocycles. The molecule has 1 aliphatic rings. The maximum atomic E-state index is 6.15. The third-order valence-electron chi connectivity index (χ3n) is 13.3. The van der Waals surface area contributed by atoms with Crippen molar-refractivity contribution < 1.29 is 0 Å². The van der Waals surface area contributed by atoms with E-state index in [1.807, 2.05) is 0 Å². The Morgan fingerprint density at radius 2 is 0.661 bits per heavy atom. The van der Waals surface area contributed by atoms with Gasteiger partial charge < -0.3 is 11.5 Å². The molecule has 0 saturated heterocycles. The van der Waals surface area contributed by atoms with Crippen molar-refractivity contribution in [3.05, 3.63) is 130 Å². The zero-order chi connectivity index (χ0) is 39.3. The van der Waals surface area contributed by atoms with Gasteiger partial charge >= 0.3 is 0 Å². The van der Waals surface area contributed by atoms with Crippen molar-refractivity contribution in [2.24, 2.45) is 0 Å². The lowest BCUT2D eigenvalue weighted by atomic mass is 9.65. The summed E-state index contributed by atoms with van der Waals surface area (Å²) in [6.45, 7) is 4.60. The van der Waals surface area contributed by atoms with Crippen LogP contribution in [-0.2, 0) is 5.41 Å². The zero-order valence-corrected chi connectivity index (χ0v) is 35.7. The molecule has 0 aliphatic heterocycles. The molecule has 2 unspecified atom stereocenters. The molecule has 1 fully saturated rings. The fourth-order valence-corrected chi connectivity index (χ4v) is 9.79. The van der Waals surface area contributed by atoms with E-state index in [1.165, 1.54) is 194 Å². The molecule has 56 heavy (non-hydrogen) atoms. The van der Waals surface area contributed by atoms with E-state index in [0.29, 0.717) is 11.8 Å². The number of benzene rings is 4. The van der Waals surface area contributed by atoms with Crippen molar-refractivity contribution in [2.75, 3.05) is 11.5 Å². The maximum Gasteiger partial charge on any atom is 0.0314 e. The molecule has 1 saturated carbocycles. The van der Waals surface area contributed by atoms with Crippen LogP contribution >= 0.6 is 0 Å². The van der Waals surface area contributed by atoms with Crippen LogP contribution in [0.1, 0.15) is 220 Å². The number of nitrogen functional groups attached to an aromatic ring is 2. The Hall–Kier alpha value is -3.52. The summed E-state index contributed by atoms with van der Waals surface area (Å²) < 4.78 is 0. The molecule has 1 aliphatic carbocycles. The molecule has 2 atom stereocenters. The Morgan fingerprint density at radius 3 is 0.982 bits per heavy atom. The standard InChI is InChI=1S/C54H78N2/c1-3-5-7-9-11-13-15-17-20-24-52(46-30-38-50(55)39-31-46)44-26-34-48(35-27-44)54(42-22-19-23-43-54)49-36-28-45(29-37-49)53(47-32-40-51(56)41-33-47)25-21-18-16-14-12-10-8-6-4-2/h26-41,52-53H,3-25,42-43,55-56H2,1-2H3. The zero-order valence-electron chi connectivity index (χ0n) is 35.7. The van der Waals surface area contributed by atoms with Crippen LogP contribution in [0, 0.1) is 0 Å². The normalized spacial score (nSPS) is 15.1. The number of hydrogen-bond acceptors (Lipinski definition) is 2. The lowest BCUT2D eigenvalue weighted by molar-refractivity contribution is 0.346. The van der Waals surface area contributed by atoms with Gasteiger partial charge in [-0.1, -0.05) is 221 Å². The Balaban J connectivity index is 1.28. The molecule has 2 heteroatoms. The van der Waals surface area contributed by atoms with Crippen LogP contribution in [0.15, 0.2) is 97.1 Å². The van der Waals surface area contributed by atoms with Crippen molar-refractivity contribution >= 4 is 11.4 Å². The fraction of sp³-hybridized carbons (Fsp3) is 0.556. The summed E-state index contributed by atoms with van der Waals surface area (Å²) in [5, 5.41) is 0. The van der Waals surface area contributed by atoms with Crippen molar-refractivity contribution in [1.29, 1.82) is 0 Å². The smallest absolute Gasteiger partial charge is 0.0314 e. The van der Waals surface area contributed by atoms with E-state index >= 15 is 0 Å². The molecule has 0 radical (unpaired) electrons. The van der Waals surface area contributed by atoms with Crippen LogP contribution in [0.2, 0.25) is 0 Å². The summed E-state index contributed by atoms with van der Waals surface area (Å²) in [5.74, 6) is 0.818. The van der Waals surface area contributed by atoms with E-state index in [9.17, 15) is 0 Å². The predicted molar refractivity (Wildman–Crippen MR) is 246 cm³/mol. The molecule has 0 spiro atoms. The highest BCUT2D eigenvalue weighted by atomic mass is 14.5. The van der Waals surface area contributed by atoms with Crippen molar-refractivity contribution in [2.45, 2.75) is 192 Å². The second-order valence-corrected chi connectivity index (χ2v) is 17.6. The van der Waals surface area contributed by atoms with Gasteiger partial charge in [0.15, 0.2) is 0 Å². The van der Waals surface area contributed by atoms with Crippen LogP contribution in [0.5, 0.6) is 0 Å². The summed E-state index contributed by atoms with van der Waals surface area (Å²) in [7, 11) is 0. The van der Waals surface area contributed by atoms with Crippen LogP contribution < -0.4 is 11.5 Å². The lowest BCUT2D eigenvalue weighted by Gasteiger charge is -2.39. The predicted octanol–water partition coefficient (Wildman–Crippen LogP) is 16.2. The lowest BCUT2D eigenvalue weighted by Crippen LogP contribution is -2.30. The molecule has 4 N–H and O–H groups in total. The van der Waals surface area contributed by atoms with Crippen molar-refractivity contribution in [3.8, 4) is 0 Å². The number of rotatable bonds is 26. The number of hydrogen-bond donors (Lipinski definition) is 2. The van der Waals surface area contributed by atoms with E-state index in [-0.39, 0.29) is 5.41 Å². The number of anilines is 2. The third kappa shape index (κ3) is 13.3.